The topological polar surface area (TPSA) is 73.9 Å². The summed E-state index contributed by atoms with van der Waals surface area (Å²) in [6.45, 7) is 0.942. The van der Waals surface area contributed by atoms with Gasteiger partial charge in [0.2, 0.25) is 0 Å². The molecular formula is C21H23NO5S. The third kappa shape index (κ3) is 6.00. The van der Waals surface area contributed by atoms with Crippen LogP contribution in [0, 0.1) is 0 Å². The SMILES string of the molecule is CSc1ccc(NC(=O)COC(=O)c2ccc(OCC3CCCO3)cc2)cc1. The van der Waals surface area contributed by atoms with E-state index in [4.69, 9.17) is 14.2 Å². The van der Waals surface area contributed by atoms with Crippen LogP contribution in [-0.2, 0) is 14.3 Å². The minimum atomic E-state index is -0.557. The second-order valence-electron chi connectivity index (χ2n) is 6.32. The van der Waals surface area contributed by atoms with Gasteiger partial charge in [0, 0.05) is 17.2 Å². The second-order valence-corrected chi connectivity index (χ2v) is 7.20. The first kappa shape index (κ1) is 20.2. The molecule has 0 spiro atoms. The molecule has 1 aliphatic rings. The summed E-state index contributed by atoms with van der Waals surface area (Å²) in [5.41, 5.74) is 1.02. The fraction of sp³-hybridized carbons (Fsp3) is 0.333. The molecule has 2 aromatic carbocycles. The highest BCUT2D eigenvalue weighted by Crippen LogP contribution is 2.18. The number of ether oxygens (including phenoxy) is 3. The van der Waals surface area contributed by atoms with Crippen LogP contribution in [0.4, 0.5) is 5.69 Å². The fourth-order valence-corrected chi connectivity index (χ4v) is 3.15. The summed E-state index contributed by atoms with van der Waals surface area (Å²) in [6.07, 6.45) is 4.19. The van der Waals surface area contributed by atoms with Crippen molar-refractivity contribution in [1.82, 2.24) is 0 Å². The predicted octanol–water partition coefficient (Wildman–Crippen LogP) is 3.76. The molecule has 1 N–H and O–H groups in total. The van der Waals surface area contributed by atoms with E-state index < -0.39 is 5.97 Å². The van der Waals surface area contributed by atoms with E-state index >= 15 is 0 Å². The molecule has 0 aromatic heterocycles. The van der Waals surface area contributed by atoms with Gasteiger partial charge >= 0.3 is 5.97 Å². The van der Waals surface area contributed by atoms with Crippen LogP contribution in [0.1, 0.15) is 23.2 Å². The fourth-order valence-electron chi connectivity index (χ4n) is 2.74. The van der Waals surface area contributed by atoms with Crippen LogP contribution in [-0.4, -0.2) is 44.1 Å². The Balaban J connectivity index is 1.42. The van der Waals surface area contributed by atoms with Gasteiger partial charge in [0.1, 0.15) is 12.4 Å². The molecule has 1 fully saturated rings. The van der Waals surface area contributed by atoms with Crippen molar-refractivity contribution in [2.75, 3.05) is 31.4 Å². The van der Waals surface area contributed by atoms with Crippen molar-refractivity contribution in [3.8, 4) is 5.75 Å². The average molecular weight is 401 g/mol. The van der Waals surface area contributed by atoms with Crippen LogP contribution in [0.3, 0.4) is 0 Å². The summed E-state index contributed by atoms with van der Waals surface area (Å²) in [6, 6.07) is 14.1. The zero-order valence-electron chi connectivity index (χ0n) is 15.7. The molecule has 3 rings (SSSR count). The Morgan fingerprint density at radius 3 is 2.54 bits per heavy atom. The number of amides is 1. The number of carbonyl (C=O) groups is 2. The Labute approximate surface area is 168 Å². The summed E-state index contributed by atoms with van der Waals surface area (Å²) in [5, 5.41) is 2.70. The van der Waals surface area contributed by atoms with Crippen molar-refractivity contribution in [2.45, 2.75) is 23.8 Å². The Kier molecular flexibility index (Phi) is 7.33. The van der Waals surface area contributed by atoms with Crippen molar-refractivity contribution in [3.63, 3.8) is 0 Å². The predicted molar refractivity (Wildman–Crippen MR) is 108 cm³/mol. The lowest BCUT2D eigenvalue weighted by Gasteiger charge is -2.11. The van der Waals surface area contributed by atoms with Gasteiger partial charge in [-0.2, -0.15) is 0 Å². The molecule has 0 bridgehead atoms. The van der Waals surface area contributed by atoms with Gasteiger partial charge in [0.15, 0.2) is 6.61 Å². The molecule has 7 heteroatoms. The quantitative estimate of drug-likeness (QED) is 0.536. The number of nitrogens with one attached hydrogen (secondary N) is 1. The van der Waals surface area contributed by atoms with E-state index in [2.05, 4.69) is 5.32 Å². The molecule has 1 unspecified atom stereocenters. The maximum absolute atomic E-state index is 12.1. The molecule has 1 amide bonds. The van der Waals surface area contributed by atoms with Crippen molar-refractivity contribution in [3.05, 3.63) is 54.1 Å². The molecule has 1 aliphatic heterocycles. The third-order valence-corrected chi connectivity index (χ3v) is 5.00. The lowest BCUT2D eigenvalue weighted by Crippen LogP contribution is -2.21. The molecule has 148 valence electrons. The standard InChI is InChI=1S/C21H23NO5S/c1-28-19-10-6-16(7-11-19)22-20(23)14-27-21(24)15-4-8-17(9-5-15)26-13-18-3-2-12-25-18/h4-11,18H,2-3,12-14H2,1H3,(H,22,23). The maximum atomic E-state index is 12.1. The van der Waals surface area contributed by atoms with Crippen LogP contribution in [0.2, 0.25) is 0 Å². The number of rotatable bonds is 8. The Bertz CT molecular complexity index is 785. The van der Waals surface area contributed by atoms with Gasteiger partial charge in [-0.1, -0.05) is 0 Å². The smallest absolute Gasteiger partial charge is 0.338 e. The molecule has 1 atom stereocenters. The Morgan fingerprint density at radius 2 is 1.89 bits per heavy atom. The molecule has 6 nitrogen and oxygen atoms in total. The van der Waals surface area contributed by atoms with Gasteiger partial charge in [0.05, 0.1) is 11.7 Å². The monoisotopic (exact) mass is 401 g/mol. The Hall–Kier alpha value is -2.51. The number of benzene rings is 2. The van der Waals surface area contributed by atoms with Crippen LogP contribution in [0.15, 0.2) is 53.4 Å². The first-order valence-corrected chi connectivity index (χ1v) is 10.3. The minimum absolute atomic E-state index is 0.139. The van der Waals surface area contributed by atoms with Gasteiger partial charge in [-0.15, -0.1) is 11.8 Å². The Morgan fingerprint density at radius 1 is 1.14 bits per heavy atom. The van der Waals surface area contributed by atoms with Crippen molar-refractivity contribution < 1.29 is 23.8 Å². The number of hydrogen-bond donors (Lipinski definition) is 1. The molecule has 0 aliphatic carbocycles. The maximum Gasteiger partial charge on any atom is 0.338 e. The van der Waals surface area contributed by atoms with Crippen LogP contribution in [0.25, 0.3) is 0 Å². The van der Waals surface area contributed by atoms with Crippen LogP contribution < -0.4 is 10.1 Å². The van der Waals surface area contributed by atoms with Gasteiger partial charge in [0.25, 0.3) is 5.91 Å². The first-order chi connectivity index (χ1) is 13.6. The van der Waals surface area contributed by atoms with E-state index in [-0.39, 0.29) is 18.6 Å². The summed E-state index contributed by atoms with van der Waals surface area (Å²) in [7, 11) is 0. The van der Waals surface area contributed by atoms with E-state index in [0.29, 0.717) is 23.6 Å². The molecular weight excluding hydrogens is 378 g/mol. The third-order valence-electron chi connectivity index (χ3n) is 4.26. The zero-order chi connectivity index (χ0) is 19.8. The molecule has 1 heterocycles. The number of thioether (sulfide) groups is 1. The van der Waals surface area contributed by atoms with Gasteiger partial charge < -0.3 is 19.5 Å². The summed E-state index contributed by atoms with van der Waals surface area (Å²) in [5.74, 6) is -0.279. The molecule has 1 saturated heterocycles. The zero-order valence-corrected chi connectivity index (χ0v) is 16.5. The lowest BCUT2D eigenvalue weighted by molar-refractivity contribution is -0.119. The highest BCUT2D eigenvalue weighted by Gasteiger charge is 2.16. The van der Waals surface area contributed by atoms with E-state index in [1.54, 1.807) is 48.2 Å². The lowest BCUT2D eigenvalue weighted by atomic mass is 10.2. The summed E-state index contributed by atoms with van der Waals surface area (Å²) < 4.78 is 16.2. The van der Waals surface area contributed by atoms with Gasteiger partial charge in [-0.25, -0.2) is 4.79 Å². The number of carbonyl (C=O) groups excluding carboxylic acids is 2. The number of esters is 1. The van der Waals surface area contributed by atoms with E-state index in [0.717, 1.165) is 24.3 Å². The summed E-state index contributed by atoms with van der Waals surface area (Å²) in [4.78, 5) is 25.1. The molecule has 0 radical (unpaired) electrons. The highest BCUT2D eigenvalue weighted by atomic mass is 32.2. The van der Waals surface area contributed by atoms with E-state index in [1.165, 1.54) is 0 Å². The van der Waals surface area contributed by atoms with Crippen molar-refractivity contribution in [1.29, 1.82) is 0 Å². The van der Waals surface area contributed by atoms with Crippen molar-refractivity contribution >= 4 is 29.3 Å². The van der Waals surface area contributed by atoms with Crippen LogP contribution >= 0.6 is 11.8 Å². The van der Waals surface area contributed by atoms with Gasteiger partial charge in [-0.05, 0) is 67.6 Å². The summed E-state index contributed by atoms with van der Waals surface area (Å²) >= 11 is 1.62. The number of hydrogen-bond acceptors (Lipinski definition) is 6. The first-order valence-electron chi connectivity index (χ1n) is 9.09. The van der Waals surface area contributed by atoms with Gasteiger partial charge in [-0.3, -0.25) is 4.79 Å². The van der Waals surface area contributed by atoms with E-state index in [1.807, 2.05) is 18.4 Å². The molecule has 28 heavy (non-hydrogen) atoms. The largest absolute Gasteiger partial charge is 0.491 e. The normalized spacial score (nSPS) is 15.8. The average Bonchev–Trinajstić information content (AvgIpc) is 3.25. The molecule has 0 saturated carbocycles. The van der Waals surface area contributed by atoms with Crippen LogP contribution in [0.5, 0.6) is 5.75 Å². The number of anilines is 1. The highest BCUT2D eigenvalue weighted by molar-refractivity contribution is 7.98. The second kappa shape index (κ2) is 10.1. The van der Waals surface area contributed by atoms with Crippen molar-refractivity contribution in [2.24, 2.45) is 0 Å². The molecule has 2 aromatic rings. The minimum Gasteiger partial charge on any atom is -0.491 e. The van der Waals surface area contributed by atoms with E-state index in [9.17, 15) is 9.59 Å².